The van der Waals surface area contributed by atoms with Crippen LogP contribution in [0.1, 0.15) is 0 Å². The van der Waals surface area contributed by atoms with Crippen molar-refractivity contribution in [3.8, 4) is 28.6 Å². The molecular weight excluding hydrogens is 358 g/mol. The first kappa shape index (κ1) is 17.7. The number of nitrogens with one attached hydrogen (secondary N) is 1. The molecule has 0 saturated heterocycles. The van der Waals surface area contributed by atoms with E-state index in [2.05, 4.69) is 15.3 Å². The smallest absolute Gasteiger partial charge is 0.203 e. The van der Waals surface area contributed by atoms with Crippen molar-refractivity contribution >= 4 is 22.5 Å². The maximum Gasteiger partial charge on any atom is 0.203 e. The number of hydrogen-bond donors (Lipinski definition) is 1. The Kier molecular flexibility index (Phi) is 4.72. The highest BCUT2D eigenvalue weighted by atomic mass is 16.5. The number of anilines is 2. The zero-order valence-electron chi connectivity index (χ0n) is 15.7. The van der Waals surface area contributed by atoms with Crippen LogP contribution >= 0.6 is 0 Å². The van der Waals surface area contributed by atoms with E-state index in [-0.39, 0.29) is 0 Å². The molecule has 0 bridgehead atoms. The third kappa shape index (κ3) is 3.18. The van der Waals surface area contributed by atoms with Crippen molar-refractivity contribution in [3.63, 3.8) is 0 Å². The first-order valence-electron chi connectivity index (χ1n) is 8.60. The summed E-state index contributed by atoms with van der Waals surface area (Å²) in [5, 5.41) is 4.22. The van der Waals surface area contributed by atoms with Crippen LogP contribution in [0.3, 0.4) is 0 Å². The summed E-state index contributed by atoms with van der Waals surface area (Å²) >= 11 is 0. The van der Waals surface area contributed by atoms with Crippen LogP contribution in [0.2, 0.25) is 0 Å². The largest absolute Gasteiger partial charge is 0.493 e. The molecule has 0 aliphatic carbocycles. The van der Waals surface area contributed by atoms with Crippen molar-refractivity contribution in [2.75, 3.05) is 26.6 Å². The molecule has 28 heavy (non-hydrogen) atoms. The summed E-state index contributed by atoms with van der Waals surface area (Å²) < 4.78 is 21.8. The molecule has 0 amide bonds. The molecule has 0 unspecified atom stereocenters. The van der Waals surface area contributed by atoms with Crippen molar-refractivity contribution in [1.82, 2.24) is 9.97 Å². The summed E-state index contributed by atoms with van der Waals surface area (Å²) in [6.45, 7) is 0. The molecule has 2 heterocycles. The SMILES string of the molecule is COc1cc(Nc2ccnc(-c3coc4ccccc34)n2)cc(OC)c1OC. The summed E-state index contributed by atoms with van der Waals surface area (Å²) in [6, 6.07) is 13.2. The molecule has 7 heteroatoms. The zero-order chi connectivity index (χ0) is 19.5. The van der Waals surface area contributed by atoms with Gasteiger partial charge in [-0.15, -0.1) is 0 Å². The van der Waals surface area contributed by atoms with E-state index in [4.69, 9.17) is 18.6 Å². The second kappa shape index (κ2) is 7.48. The fraction of sp³-hybridized carbons (Fsp3) is 0.143. The third-order valence-electron chi connectivity index (χ3n) is 4.31. The Bertz CT molecular complexity index is 1100. The number of aromatic nitrogens is 2. The van der Waals surface area contributed by atoms with Gasteiger partial charge in [-0.1, -0.05) is 18.2 Å². The van der Waals surface area contributed by atoms with Gasteiger partial charge in [-0.25, -0.2) is 9.97 Å². The van der Waals surface area contributed by atoms with E-state index in [0.717, 1.165) is 22.2 Å². The zero-order valence-corrected chi connectivity index (χ0v) is 15.7. The second-order valence-corrected chi connectivity index (χ2v) is 5.95. The van der Waals surface area contributed by atoms with Crippen LogP contribution in [0.4, 0.5) is 11.5 Å². The second-order valence-electron chi connectivity index (χ2n) is 5.95. The van der Waals surface area contributed by atoms with Gasteiger partial charge in [0.15, 0.2) is 17.3 Å². The maximum atomic E-state index is 5.60. The Labute approximate surface area is 161 Å². The van der Waals surface area contributed by atoms with Crippen LogP contribution in [-0.4, -0.2) is 31.3 Å². The van der Waals surface area contributed by atoms with Gasteiger partial charge in [-0.3, -0.25) is 0 Å². The molecule has 0 aliphatic heterocycles. The van der Waals surface area contributed by atoms with Gasteiger partial charge in [0.25, 0.3) is 0 Å². The normalized spacial score (nSPS) is 10.7. The number of rotatable bonds is 6. The Morgan fingerprint density at radius 3 is 2.39 bits per heavy atom. The molecule has 0 spiro atoms. The summed E-state index contributed by atoms with van der Waals surface area (Å²) in [5.74, 6) is 2.84. The Hall–Kier alpha value is -3.74. The fourth-order valence-corrected chi connectivity index (χ4v) is 3.01. The van der Waals surface area contributed by atoms with Gasteiger partial charge >= 0.3 is 0 Å². The number of benzene rings is 2. The molecule has 142 valence electrons. The first-order chi connectivity index (χ1) is 13.7. The summed E-state index contributed by atoms with van der Waals surface area (Å²) in [6.07, 6.45) is 3.37. The van der Waals surface area contributed by atoms with Gasteiger partial charge < -0.3 is 23.9 Å². The Balaban J connectivity index is 1.69. The predicted molar refractivity (Wildman–Crippen MR) is 107 cm³/mol. The van der Waals surface area contributed by atoms with E-state index in [1.54, 1.807) is 39.9 Å². The minimum atomic E-state index is 0.531. The first-order valence-corrected chi connectivity index (χ1v) is 8.60. The number of para-hydroxylation sites is 1. The Morgan fingerprint density at radius 1 is 0.929 bits per heavy atom. The van der Waals surface area contributed by atoms with Crippen molar-refractivity contribution in [2.45, 2.75) is 0 Å². The lowest BCUT2D eigenvalue weighted by atomic mass is 10.1. The maximum absolute atomic E-state index is 5.60. The average Bonchev–Trinajstić information content (AvgIpc) is 3.17. The highest BCUT2D eigenvalue weighted by Gasteiger charge is 2.14. The molecule has 2 aromatic heterocycles. The highest BCUT2D eigenvalue weighted by molar-refractivity contribution is 5.92. The molecule has 0 aliphatic rings. The van der Waals surface area contributed by atoms with Gasteiger partial charge in [0.1, 0.15) is 17.7 Å². The van der Waals surface area contributed by atoms with Crippen LogP contribution in [0, 0.1) is 0 Å². The minimum absolute atomic E-state index is 0.531. The molecule has 0 fully saturated rings. The summed E-state index contributed by atoms with van der Waals surface area (Å²) in [5.41, 5.74) is 2.38. The minimum Gasteiger partial charge on any atom is -0.493 e. The van der Waals surface area contributed by atoms with E-state index in [1.807, 2.05) is 36.4 Å². The third-order valence-corrected chi connectivity index (χ3v) is 4.31. The topological polar surface area (TPSA) is 78.6 Å². The van der Waals surface area contributed by atoms with Crippen molar-refractivity contribution in [3.05, 3.63) is 54.9 Å². The molecule has 0 radical (unpaired) electrons. The number of hydrogen-bond acceptors (Lipinski definition) is 7. The average molecular weight is 377 g/mol. The number of ether oxygens (including phenoxy) is 3. The van der Waals surface area contributed by atoms with Gasteiger partial charge in [0, 0.05) is 29.4 Å². The monoisotopic (exact) mass is 377 g/mol. The summed E-state index contributed by atoms with van der Waals surface area (Å²) in [4.78, 5) is 9.01. The molecule has 1 N–H and O–H groups in total. The predicted octanol–water partition coefficient (Wildman–Crippen LogP) is 4.66. The molecule has 4 rings (SSSR count). The fourth-order valence-electron chi connectivity index (χ4n) is 3.01. The lowest BCUT2D eigenvalue weighted by molar-refractivity contribution is 0.324. The van der Waals surface area contributed by atoms with Gasteiger partial charge in [-0.2, -0.15) is 0 Å². The Morgan fingerprint density at radius 2 is 1.68 bits per heavy atom. The number of fused-ring (bicyclic) bond motifs is 1. The van der Waals surface area contributed by atoms with Crippen molar-refractivity contribution < 1.29 is 18.6 Å². The lowest BCUT2D eigenvalue weighted by Gasteiger charge is -2.15. The van der Waals surface area contributed by atoms with Gasteiger partial charge in [0.05, 0.1) is 26.9 Å². The number of furan rings is 1. The van der Waals surface area contributed by atoms with Crippen LogP contribution in [0.5, 0.6) is 17.2 Å². The highest BCUT2D eigenvalue weighted by Crippen LogP contribution is 2.40. The van der Waals surface area contributed by atoms with Crippen LogP contribution in [0.15, 0.2) is 59.3 Å². The van der Waals surface area contributed by atoms with Gasteiger partial charge in [-0.05, 0) is 12.1 Å². The van der Waals surface area contributed by atoms with E-state index < -0.39 is 0 Å². The standard InChI is InChI=1S/C21H19N3O4/c1-25-17-10-13(11-18(26-2)20(17)27-3)23-19-8-9-22-21(24-19)15-12-28-16-7-5-4-6-14(15)16/h4-12H,1-3H3,(H,22,23,24). The molecular formula is C21H19N3O4. The van der Waals surface area contributed by atoms with Gasteiger partial charge in [0.2, 0.25) is 5.75 Å². The molecule has 4 aromatic rings. The van der Waals surface area contributed by atoms with E-state index in [1.165, 1.54) is 0 Å². The molecule has 0 atom stereocenters. The van der Waals surface area contributed by atoms with E-state index in [0.29, 0.717) is 28.9 Å². The lowest BCUT2D eigenvalue weighted by Crippen LogP contribution is -2.00. The van der Waals surface area contributed by atoms with E-state index >= 15 is 0 Å². The molecule has 7 nitrogen and oxygen atoms in total. The number of nitrogens with zero attached hydrogens (tertiary/aromatic N) is 2. The van der Waals surface area contributed by atoms with Crippen LogP contribution < -0.4 is 19.5 Å². The molecule has 2 aromatic carbocycles. The quantitative estimate of drug-likeness (QED) is 0.523. The van der Waals surface area contributed by atoms with Crippen LogP contribution in [-0.2, 0) is 0 Å². The van der Waals surface area contributed by atoms with Crippen molar-refractivity contribution in [1.29, 1.82) is 0 Å². The molecule has 0 saturated carbocycles. The van der Waals surface area contributed by atoms with Crippen LogP contribution in [0.25, 0.3) is 22.4 Å². The van der Waals surface area contributed by atoms with E-state index in [9.17, 15) is 0 Å². The van der Waals surface area contributed by atoms with Crippen molar-refractivity contribution in [2.24, 2.45) is 0 Å². The summed E-state index contributed by atoms with van der Waals surface area (Å²) in [7, 11) is 4.72. The number of methoxy groups -OCH3 is 3.